The van der Waals surface area contributed by atoms with Crippen molar-refractivity contribution in [3.8, 4) is 0 Å². The monoisotopic (exact) mass is 312 g/mol. The van der Waals surface area contributed by atoms with Gasteiger partial charge in [-0.15, -0.1) is 0 Å². The molecule has 0 heteroatoms. The van der Waals surface area contributed by atoms with E-state index in [1.54, 1.807) is 33.4 Å². The van der Waals surface area contributed by atoms with Gasteiger partial charge in [-0.1, -0.05) is 76.0 Å². The van der Waals surface area contributed by atoms with Crippen LogP contribution in [0.3, 0.4) is 0 Å². The minimum atomic E-state index is 0.225. The Kier molecular flexibility index (Phi) is 4.86. The average Bonchev–Trinajstić information content (AvgIpc) is 2.87. The summed E-state index contributed by atoms with van der Waals surface area (Å²) >= 11 is 0. The van der Waals surface area contributed by atoms with Crippen molar-refractivity contribution in [2.45, 2.75) is 69.2 Å². The molecule has 2 atom stereocenters. The number of rotatable bonds is 4. The number of hydrogen-bond acceptors (Lipinski definition) is 0. The van der Waals surface area contributed by atoms with Crippen LogP contribution in [0.4, 0.5) is 0 Å². The minimum absolute atomic E-state index is 0.225. The molecule has 0 heterocycles. The van der Waals surface area contributed by atoms with Gasteiger partial charge in [0.2, 0.25) is 0 Å². The molecular weight excluding hydrogens is 276 g/mol. The third kappa shape index (κ3) is 2.90. The van der Waals surface area contributed by atoms with Crippen LogP contribution < -0.4 is 0 Å². The van der Waals surface area contributed by atoms with E-state index in [9.17, 15) is 0 Å². The second-order valence-corrected chi connectivity index (χ2v) is 9.05. The fourth-order valence-corrected chi connectivity index (χ4v) is 5.60. The summed E-state index contributed by atoms with van der Waals surface area (Å²) in [5, 5.41) is 0. The molecule has 23 heavy (non-hydrogen) atoms. The maximum Gasteiger partial charge on any atom is 0.00706 e. The van der Waals surface area contributed by atoms with Gasteiger partial charge in [0.25, 0.3) is 0 Å². The van der Waals surface area contributed by atoms with Gasteiger partial charge in [-0.2, -0.15) is 0 Å². The van der Waals surface area contributed by atoms with Crippen LogP contribution in [0.25, 0.3) is 0 Å². The van der Waals surface area contributed by atoms with Crippen LogP contribution in [-0.2, 0) is 0 Å². The van der Waals surface area contributed by atoms with E-state index < -0.39 is 0 Å². The molecule has 0 spiro atoms. The number of allylic oxidation sites excluding steroid dienone is 8. The minimum Gasteiger partial charge on any atom is -0.0653 e. The Labute approximate surface area is 144 Å². The standard InChI is InChI=1S/C23H36/c1-13(2)19-11-15(5)21(17(19)7)23(9,10)22-16(6)12-20(14(3)4)18(22)8/h11-14,21-22H,1-10H3. The maximum atomic E-state index is 2.48. The molecule has 0 saturated heterocycles. The topological polar surface area (TPSA) is 0 Å². The molecule has 2 unspecified atom stereocenters. The van der Waals surface area contributed by atoms with E-state index in [0.717, 1.165) is 0 Å². The first kappa shape index (κ1) is 18.3. The molecule has 0 nitrogen and oxygen atoms in total. The van der Waals surface area contributed by atoms with Crippen molar-refractivity contribution in [1.29, 1.82) is 0 Å². The molecule has 0 N–H and O–H groups in total. The van der Waals surface area contributed by atoms with Crippen LogP contribution in [0.15, 0.2) is 45.6 Å². The highest BCUT2D eigenvalue weighted by atomic mass is 14.5. The van der Waals surface area contributed by atoms with E-state index in [1.165, 1.54) is 0 Å². The molecule has 0 aromatic carbocycles. The molecule has 0 amide bonds. The van der Waals surface area contributed by atoms with Crippen LogP contribution in [0.1, 0.15) is 69.2 Å². The summed E-state index contributed by atoms with van der Waals surface area (Å²) in [5.41, 5.74) is 9.64. The molecule has 0 bridgehead atoms. The van der Waals surface area contributed by atoms with Crippen molar-refractivity contribution in [3.05, 3.63) is 45.6 Å². The highest BCUT2D eigenvalue weighted by Gasteiger charge is 2.44. The predicted molar refractivity (Wildman–Crippen MR) is 103 cm³/mol. The molecular formula is C23H36. The highest BCUT2D eigenvalue weighted by molar-refractivity contribution is 5.48. The van der Waals surface area contributed by atoms with Gasteiger partial charge in [0, 0.05) is 11.8 Å². The molecule has 0 fully saturated rings. The second kappa shape index (κ2) is 6.11. The third-order valence-corrected chi connectivity index (χ3v) is 6.19. The molecule has 2 aliphatic carbocycles. The van der Waals surface area contributed by atoms with Crippen LogP contribution in [0.2, 0.25) is 0 Å². The lowest BCUT2D eigenvalue weighted by Crippen LogP contribution is -2.34. The van der Waals surface area contributed by atoms with E-state index in [1.807, 2.05) is 0 Å². The summed E-state index contributed by atoms with van der Waals surface area (Å²) in [6, 6.07) is 0. The lowest BCUT2D eigenvalue weighted by molar-refractivity contribution is 0.216. The first-order chi connectivity index (χ1) is 10.5. The van der Waals surface area contributed by atoms with E-state index >= 15 is 0 Å². The fraction of sp³-hybridized carbons (Fsp3) is 0.652. The van der Waals surface area contributed by atoms with Gasteiger partial charge >= 0.3 is 0 Å². The zero-order chi connectivity index (χ0) is 17.7. The highest BCUT2D eigenvalue weighted by Crippen LogP contribution is 2.54. The van der Waals surface area contributed by atoms with Crippen molar-refractivity contribution >= 4 is 0 Å². The van der Waals surface area contributed by atoms with Crippen molar-refractivity contribution in [3.63, 3.8) is 0 Å². The molecule has 2 aliphatic rings. The Morgan fingerprint density at radius 2 is 1.00 bits per heavy atom. The Hall–Kier alpha value is -1.04. The molecule has 0 aromatic rings. The normalized spacial score (nSPS) is 25.9. The molecule has 2 rings (SSSR count). The fourth-order valence-electron chi connectivity index (χ4n) is 5.60. The Morgan fingerprint density at radius 3 is 1.22 bits per heavy atom. The lowest BCUT2D eigenvalue weighted by atomic mass is 9.62. The van der Waals surface area contributed by atoms with Gasteiger partial charge < -0.3 is 0 Å². The van der Waals surface area contributed by atoms with Crippen LogP contribution in [0, 0.1) is 29.1 Å². The van der Waals surface area contributed by atoms with Crippen LogP contribution in [0.5, 0.6) is 0 Å². The summed E-state index contributed by atoms with van der Waals surface area (Å²) in [6.45, 7) is 23.6. The van der Waals surface area contributed by atoms with Gasteiger partial charge in [-0.3, -0.25) is 0 Å². The summed E-state index contributed by atoms with van der Waals surface area (Å²) in [5.74, 6) is 2.37. The zero-order valence-corrected chi connectivity index (χ0v) is 17.0. The van der Waals surface area contributed by atoms with Gasteiger partial charge in [0.15, 0.2) is 0 Å². The third-order valence-electron chi connectivity index (χ3n) is 6.19. The second-order valence-electron chi connectivity index (χ2n) is 9.05. The molecule has 0 aliphatic heterocycles. The van der Waals surface area contributed by atoms with Crippen LogP contribution >= 0.6 is 0 Å². The largest absolute Gasteiger partial charge is 0.0653 e. The summed E-state index contributed by atoms with van der Waals surface area (Å²) in [6.07, 6.45) is 4.92. The lowest BCUT2D eigenvalue weighted by Gasteiger charge is -2.41. The van der Waals surface area contributed by atoms with Gasteiger partial charge in [0.05, 0.1) is 0 Å². The van der Waals surface area contributed by atoms with Gasteiger partial charge in [-0.25, -0.2) is 0 Å². The molecule has 128 valence electrons. The predicted octanol–water partition coefficient (Wildman–Crippen LogP) is 7.11. The number of hydrogen-bond donors (Lipinski definition) is 0. The van der Waals surface area contributed by atoms with Crippen molar-refractivity contribution in [1.82, 2.24) is 0 Å². The van der Waals surface area contributed by atoms with Crippen LogP contribution in [-0.4, -0.2) is 0 Å². The van der Waals surface area contributed by atoms with Crippen molar-refractivity contribution in [2.24, 2.45) is 29.1 Å². The van der Waals surface area contributed by atoms with Crippen molar-refractivity contribution < 1.29 is 0 Å². The first-order valence-corrected chi connectivity index (χ1v) is 9.27. The molecule has 0 aromatic heterocycles. The SMILES string of the molecule is CC1=CC(C(C)C)=C(C)C1C(C)(C)C1C(C)=CC(C(C)C)=C1C. The Balaban J connectivity index is 2.48. The first-order valence-electron chi connectivity index (χ1n) is 9.27. The molecule has 0 radical (unpaired) electrons. The van der Waals surface area contributed by atoms with E-state index in [4.69, 9.17) is 0 Å². The quantitative estimate of drug-likeness (QED) is 0.519. The zero-order valence-electron chi connectivity index (χ0n) is 17.0. The van der Waals surface area contributed by atoms with Gasteiger partial charge in [0.1, 0.15) is 0 Å². The van der Waals surface area contributed by atoms with Crippen molar-refractivity contribution in [2.75, 3.05) is 0 Å². The summed E-state index contributed by atoms with van der Waals surface area (Å²) in [7, 11) is 0. The summed E-state index contributed by atoms with van der Waals surface area (Å²) in [4.78, 5) is 0. The smallest absolute Gasteiger partial charge is 0.00706 e. The van der Waals surface area contributed by atoms with E-state index in [-0.39, 0.29) is 5.41 Å². The Bertz CT molecular complexity index is 560. The van der Waals surface area contributed by atoms with E-state index in [2.05, 4.69) is 81.4 Å². The van der Waals surface area contributed by atoms with Gasteiger partial charge in [-0.05, 0) is 56.1 Å². The average molecular weight is 313 g/mol. The van der Waals surface area contributed by atoms with E-state index in [0.29, 0.717) is 23.7 Å². The summed E-state index contributed by atoms with van der Waals surface area (Å²) < 4.78 is 0. The molecule has 0 saturated carbocycles. The maximum absolute atomic E-state index is 2.48. The Morgan fingerprint density at radius 1 is 0.696 bits per heavy atom.